The number of nitrogens with zero attached hydrogens (tertiary/aromatic N) is 4. The molecule has 1 saturated carbocycles. The highest BCUT2D eigenvalue weighted by molar-refractivity contribution is 5.74. The number of carbonyl (C=O) groups excluding carboxylic acids is 1. The smallest absolute Gasteiger partial charge is 0.317 e. The highest BCUT2D eigenvalue weighted by Gasteiger charge is 2.22. The van der Waals surface area contributed by atoms with Crippen LogP contribution in [0.5, 0.6) is 0 Å². The largest absolute Gasteiger partial charge is 0.336 e. The molecule has 1 N–H and O–H groups in total. The molecular weight excluding hydrogens is 302 g/mol. The fourth-order valence-electron chi connectivity index (χ4n) is 3.91. The second kappa shape index (κ2) is 9.06. The first kappa shape index (κ1) is 17.3. The van der Waals surface area contributed by atoms with Gasteiger partial charge in [-0.3, -0.25) is 0 Å². The first-order chi connectivity index (χ1) is 11.8. The standard InChI is InChI=1S/C18H31N5O/c24-18(20-8-12-22-11-7-19-16-22)23-10-4-9-21(13-14-23)15-17-5-2-1-3-6-17/h7,11,16-17H,1-6,8-10,12-15H2,(H,20,24). The third-order valence-electron chi connectivity index (χ3n) is 5.32. The molecule has 0 aromatic carbocycles. The van der Waals surface area contributed by atoms with Crippen LogP contribution in [0.25, 0.3) is 0 Å². The van der Waals surface area contributed by atoms with Crippen molar-refractivity contribution in [1.82, 2.24) is 24.7 Å². The van der Waals surface area contributed by atoms with E-state index in [1.54, 1.807) is 12.5 Å². The summed E-state index contributed by atoms with van der Waals surface area (Å²) >= 11 is 0. The van der Waals surface area contributed by atoms with E-state index in [2.05, 4.69) is 15.2 Å². The third-order valence-corrected chi connectivity index (χ3v) is 5.32. The van der Waals surface area contributed by atoms with Gasteiger partial charge in [-0.1, -0.05) is 19.3 Å². The highest BCUT2D eigenvalue weighted by atomic mass is 16.2. The Kier molecular flexibility index (Phi) is 6.52. The van der Waals surface area contributed by atoms with Crippen molar-refractivity contribution in [3.05, 3.63) is 18.7 Å². The Balaban J connectivity index is 1.37. The van der Waals surface area contributed by atoms with Gasteiger partial charge in [-0.25, -0.2) is 9.78 Å². The molecule has 2 fully saturated rings. The van der Waals surface area contributed by atoms with E-state index in [-0.39, 0.29) is 6.03 Å². The van der Waals surface area contributed by atoms with E-state index in [1.807, 2.05) is 15.7 Å². The van der Waals surface area contributed by atoms with Crippen LogP contribution in [0.3, 0.4) is 0 Å². The van der Waals surface area contributed by atoms with Gasteiger partial charge < -0.3 is 19.7 Å². The molecule has 1 aromatic heterocycles. The molecule has 3 rings (SSSR count). The molecule has 0 unspecified atom stereocenters. The summed E-state index contributed by atoms with van der Waals surface area (Å²) in [6.45, 7) is 6.53. The monoisotopic (exact) mass is 333 g/mol. The zero-order valence-corrected chi connectivity index (χ0v) is 14.7. The minimum Gasteiger partial charge on any atom is -0.336 e. The van der Waals surface area contributed by atoms with Crippen LogP contribution in [0.15, 0.2) is 18.7 Å². The van der Waals surface area contributed by atoms with Crippen molar-refractivity contribution in [3.8, 4) is 0 Å². The van der Waals surface area contributed by atoms with Gasteiger partial charge >= 0.3 is 6.03 Å². The first-order valence-electron chi connectivity index (χ1n) is 9.52. The van der Waals surface area contributed by atoms with Crippen LogP contribution in [0.1, 0.15) is 38.5 Å². The van der Waals surface area contributed by atoms with E-state index in [0.29, 0.717) is 6.54 Å². The van der Waals surface area contributed by atoms with Crippen LogP contribution < -0.4 is 5.32 Å². The van der Waals surface area contributed by atoms with E-state index in [9.17, 15) is 4.79 Å². The number of rotatable bonds is 5. The van der Waals surface area contributed by atoms with Crippen LogP contribution in [-0.4, -0.2) is 64.7 Å². The molecule has 2 aliphatic rings. The Bertz CT molecular complexity index is 484. The molecule has 0 radical (unpaired) electrons. The van der Waals surface area contributed by atoms with Crippen LogP contribution in [0.4, 0.5) is 4.79 Å². The predicted molar refractivity (Wildman–Crippen MR) is 94.8 cm³/mol. The minimum absolute atomic E-state index is 0.0784. The zero-order valence-electron chi connectivity index (χ0n) is 14.7. The lowest BCUT2D eigenvalue weighted by Crippen LogP contribution is -2.43. The number of imidazole rings is 1. The molecule has 6 heteroatoms. The zero-order chi connectivity index (χ0) is 16.6. The number of hydrogen-bond donors (Lipinski definition) is 1. The lowest BCUT2D eigenvalue weighted by molar-refractivity contribution is 0.189. The van der Waals surface area contributed by atoms with Crippen molar-refractivity contribution < 1.29 is 4.79 Å². The average Bonchev–Trinajstić information content (AvgIpc) is 3.01. The summed E-state index contributed by atoms with van der Waals surface area (Å²) in [6, 6.07) is 0.0784. The molecule has 6 nitrogen and oxygen atoms in total. The van der Waals surface area contributed by atoms with E-state index < -0.39 is 0 Å². The molecule has 0 spiro atoms. The Morgan fingerprint density at radius 2 is 1.96 bits per heavy atom. The van der Waals surface area contributed by atoms with Gasteiger partial charge in [0.25, 0.3) is 0 Å². The second-order valence-electron chi connectivity index (χ2n) is 7.18. The fraction of sp³-hybridized carbons (Fsp3) is 0.778. The highest BCUT2D eigenvalue weighted by Crippen LogP contribution is 2.24. The van der Waals surface area contributed by atoms with Gasteiger partial charge in [0.1, 0.15) is 0 Å². The van der Waals surface area contributed by atoms with E-state index >= 15 is 0 Å². The topological polar surface area (TPSA) is 53.4 Å². The van der Waals surface area contributed by atoms with Gasteiger partial charge in [-0.2, -0.15) is 0 Å². The van der Waals surface area contributed by atoms with Crippen LogP contribution in [0.2, 0.25) is 0 Å². The van der Waals surface area contributed by atoms with Gasteiger partial charge in [-0.15, -0.1) is 0 Å². The van der Waals surface area contributed by atoms with Crippen molar-refractivity contribution >= 4 is 6.03 Å². The number of aromatic nitrogens is 2. The molecule has 1 saturated heterocycles. The normalized spacial score (nSPS) is 20.8. The number of urea groups is 1. The Morgan fingerprint density at radius 3 is 2.75 bits per heavy atom. The molecule has 2 heterocycles. The summed E-state index contributed by atoms with van der Waals surface area (Å²) in [4.78, 5) is 20.9. The number of nitrogens with one attached hydrogen (secondary N) is 1. The van der Waals surface area contributed by atoms with Crippen molar-refractivity contribution in [2.75, 3.05) is 39.3 Å². The Labute approximate surface area is 145 Å². The quantitative estimate of drug-likeness (QED) is 0.898. The maximum atomic E-state index is 12.3. The van der Waals surface area contributed by atoms with Crippen molar-refractivity contribution in [2.45, 2.75) is 45.1 Å². The maximum absolute atomic E-state index is 12.3. The molecule has 0 bridgehead atoms. The summed E-state index contributed by atoms with van der Waals surface area (Å²) in [7, 11) is 0. The average molecular weight is 333 g/mol. The predicted octanol–water partition coefficient (Wildman–Crippen LogP) is 2.18. The molecule has 134 valence electrons. The summed E-state index contributed by atoms with van der Waals surface area (Å²) in [5.74, 6) is 0.884. The summed E-state index contributed by atoms with van der Waals surface area (Å²) in [5.41, 5.74) is 0. The lowest BCUT2D eigenvalue weighted by atomic mass is 9.89. The van der Waals surface area contributed by atoms with Crippen molar-refractivity contribution in [3.63, 3.8) is 0 Å². The SMILES string of the molecule is O=C(NCCn1ccnc1)N1CCCN(CC2CCCCC2)CC1. The maximum Gasteiger partial charge on any atom is 0.317 e. The van der Waals surface area contributed by atoms with E-state index in [4.69, 9.17) is 0 Å². The molecule has 1 aromatic rings. The lowest BCUT2D eigenvalue weighted by Gasteiger charge is -2.28. The third kappa shape index (κ3) is 5.23. The molecule has 0 atom stereocenters. The first-order valence-corrected chi connectivity index (χ1v) is 9.52. The van der Waals surface area contributed by atoms with Crippen LogP contribution in [-0.2, 0) is 6.54 Å². The van der Waals surface area contributed by atoms with E-state index in [0.717, 1.165) is 45.1 Å². The van der Waals surface area contributed by atoms with Crippen LogP contribution >= 0.6 is 0 Å². The van der Waals surface area contributed by atoms with Gasteiger partial charge in [-0.05, 0) is 31.7 Å². The summed E-state index contributed by atoms with van der Waals surface area (Å²) in [5, 5.41) is 3.03. The summed E-state index contributed by atoms with van der Waals surface area (Å²) in [6.07, 6.45) is 13.6. The number of amides is 2. The van der Waals surface area contributed by atoms with Crippen molar-refractivity contribution in [1.29, 1.82) is 0 Å². The van der Waals surface area contributed by atoms with Gasteiger partial charge in [0.15, 0.2) is 0 Å². The van der Waals surface area contributed by atoms with Gasteiger partial charge in [0.05, 0.1) is 6.33 Å². The Morgan fingerprint density at radius 1 is 1.08 bits per heavy atom. The molecule has 24 heavy (non-hydrogen) atoms. The molecular formula is C18H31N5O. The van der Waals surface area contributed by atoms with Crippen LogP contribution in [0, 0.1) is 5.92 Å². The fourth-order valence-corrected chi connectivity index (χ4v) is 3.91. The molecule has 1 aliphatic carbocycles. The number of hydrogen-bond acceptors (Lipinski definition) is 3. The second-order valence-corrected chi connectivity index (χ2v) is 7.18. The van der Waals surface area contributed by atoms with Gasteiger partial charge in [0.2, 0.25) is 0 Å². The number of carbonyl (C=O) groups is 1. The van der Waals surface area contributed by atoms with E-state index in [1.165, 1.54) is 38.6 Å². The molecule has 2 amide bonds. The Hall–Kier alpha value is -1.56. The summed E-state index contributed by atoms with van der Waals surface area (Å²) < 4.78 is 1.98. The minimum atomic E-state index is 0.0784. The van der Waals surface area contributed by atoms with Gasteiger partial charge in [0, 0.05) is 51.7 Å². The van der Waals surface area contributed by atoms with Crippen molar-refractivity contribution in [2.24, 2.45) is 5.92 Å². The molecule has 1 aliphatic heterocycles.